The summed E-state index contributed by atoms with van der Waals surface area (Å²) in [4.78, 5) is 26.9. The van der Waals surface area contributed by atoms with Crippen LogP contribution in [-0.2, 0) is 4.79 Å². The molecule has 0 atom stereocenters. The minimum atomic E-state index is -0.764. The van der Waals surface area contributed by atoms with Gasteiger partial charge in [0.15, 0.2) is 0 Å². The predicted octanol–water partition coefficient (Wildman–Crippen LogP) is 1.96. The van der Waals surface area contributed by atoms with Gasteiger partial charge in [0.2, 0.25) is 5.91 Å². The number of nitrogens with one attached hydrogen (secondary N) is 1. The second-order valence-electron chi connectivity index (χ2n) is 4.55. The van der Waals surface area contributed by atoms with Gasteiger partial charge in [-0.3, -0.25) is 10.1 Å². The van der Waals surface area contributed by atoms with Crippen molar-refractivity contribution in [3.8, 4) is 0 Å². The molecular formula is C12H21N3O2. The maximum atomic E-state index is 12.1. The Morgan fingerprint density at radius 1 is 1.18 bits per heavy atom. The zero-order chi connectivity index (χ0) is 12.9. The first-order valence-corrected chi connectivity index (χ1v) is 6.27. The van der Waals surface area contributed by atoms with Crippen LogP contribution in [0.3, 0.4) is 0 Å². The molecule has 0 fully saturated rings. The van der Waals surface area contributed by atoms with E-state index in [0.717, 1.165) is 25.7 Å². The van der Waals surface area contributed by atoms with E-state index in [1.54, 1.807) is 0 Å². The first-order valence-electron chi connectivity index (χ1n) is 6.27. The third kappa shape index (κ3) is 2.84. The van der Waals surface area contributed by atoms with Gasteiger partial charge in [0.1, 0.15) is 11.3 Å². The highest BCUT2D eigenvalue weighted by molar-refractivity contribution is 6.18. The van der Waals surface area contributed by atoms with Crippen LogP contribution in [0.25, 0.3) is 0 Å². The standard InChI is InChI=1S/C12H21N3O2/c1-3-5-7-12(8-6-4-2)9(13)14-11(17)15-10(12)16/h3-8H2,1-2H3,(H3,13,14,15,16,17). The summed E-state index contributed by atoms with van der Waals surface area (Å²) in [5.41, 5.74) is 5.08. The number of urea groups is 1. The van der Waals surface area contributed by atoms with Crippen LogP contribution in [0.15, 0.2) is 4.99 Å². The molecule has 3 amide bonds. The van der Waals surface area contributed by atoms with Crippen molar-refractivity contribution >= 4 is 17.8 Å². The average molecular weight is 239 g/mol. The van der Waals surface area contributed by atoms with E-state index in [1.165, 1.54) is 0 Å². The van der Waals surface area contributed by atoms with Crippen LogP contribution < -0.4 is 11.1 Å². The fraction of sp³-hybridized carbons (Fsp3) is 0.750. The van der Waals surface area contributed by atoms with Crippen LogP contribution in [0, 0.1) is 5.41 Å². The number of amides is 3. The maximum Gasteiger partial charge on any atom is 0.349 e. The number of imide groups is 1. The molecule has 0 radical (unpaired) electrons. The summed E-state index contributed by atoms with van der Waals surface area (Å²) in [6.45, 7) is 4.12. The van der Waals surface area contributed by atoms with Crippen LogP contribution in [0.2, 0.25) is 0 Å². The molecule has 0 unspecified atom stereocenters. The Labute approximate surface area is 102 Å². The Balaban J connectivity index is 2.97. The summed E-state index contributed by atoms with van der Waals surface area (Å²) in [7, 11) is 0. The SMILES string of the molecule is CCCCC1(CCCC)C(=O)NC(=O)N=C1N. The van der Waals surface area contributed by atoms with Gasteiger partial charge in [-0.25, -0.2) is 4.79 Å². The molecule has 96 valence electrons. The molecule has 0 aromatic heterocycles. The zero-order valence-corrected chi connectivity index (χ0v) is 10.6. The van der Waals surface area contributed by atoms with Crippen LogP contribution in [0.1, 0.15) is 52.4 Å². The summed E-state index contributed by atoms with van der Waals surface area (Å²) >= 11 is 0. The molecule has 0 spiro atoms. The van der Waals surface area contributed by atoms with E-state index in [-0.39, 0.29) is 11.7 Å². The van der Waals surface area contributed by atoms with Crippen LogP contribution >= 0.6 is 0 Å². The second-order valence-corrected chi connectivity index (χ2v) is 4.55. The molecule has 1 rings (SSSR count). The molecule has 0 bridgehead atoms. The van der Waals surface area contributed by atoms with Crippen LogP contribution in [-0.4, -0.2) is 17.8 Å². The Morgan fingerprint density at radius 3 is 2.12 bits per heavy atom. The van der Waals surface area contributed by atoms with Crippen molar-refractivity contribution in [2.75, 3.05) is 0 Å². The molecule has 17 heavy (non-hydrogen) atoms. The first-order chi connectivity index (χ1) is 8.06. The molecule has 0 aliphatic carbocycles. The third-order valence-electron chi connectivity index (χ3n) is 3.28. The molecule has 0 saturated heterocycles. The largest absolute Gasteiger partial charge is 0.386 e. The topological polar surface area (TPSA) is 84.5 Å². The van der Waals surface area contributed by atoms with Crippen molar-refractivity contribution < 1.29 is 9.59 Å². The number of aliphatic imine (C=N–C) groups is 1. The summed E-state index contributed by atoms with van der Waals surface area (Å²) in [6, 6.07) is -0.642. The maximum absolute atomic E-state index is 12.1. The molecule has 5 nitrogen and oxygen atoms in total. The third-order valence-corrected chi connectivity index (χ3v) is 3.28. The summed E-state index contributed by atoms with van der Waals surface area (Å²) < 4.78 is 0. The van der Waals surface area contributed by atoms with Gasteiger partial charge >= 0.3 is 6.03 Å². The van der Waals surface area contributed by atoms with Crippen molar-refractivity contribution in [2.45, 2.75) is 52.4 Å². The van der Waals surface area contributed by atoms with Crippen molar-refractivity contribution in [2.24, 2.45) is 16.1 Å². The van der Waals surface area contributed by atoms with Gasteiger partial charge in [-0.1, -0.05) is 39.5 Å². The van der Waals surface area contributed by atoms with E-state index in [0.29, 0.717) is 12.8 Å². The van der Waals surface area contributed by atoms with Crippen molar-refractivity contribution in [1.82, 2.24) is 5.32 Å². The highest BCUT2D eigenvalue weighted by Gasteiger charge is 2.44. The lowest BCUT2D eigenvalue weighted by atomic mass is 9.75. The molecular weight excluding hydrogens is 218 g/mol. The van der Waals surface area contributed by atoms with Gasteiger partial charge in [-0.2, -0.15) is 4.99 Å². The van der Waals surface area contributed by atoms with Crippen LogP contribution in [0.5, 0.6) is 0 Å². The highest BCUT2D eigenvalue weighted by atomic mass is 16.2. The number of nitrogens with two attached hydrogens (primary N) is 1. The summed E-state index contributed by atoms with van der Waals surface area (Å²) in [6.07, 6.45) is 5.11. The number of hydrogen-bond donors (Lipinski definition) is 2. The molecule has 0 aromatic rings. The van der Waals surface area contributed by atoms with Crippen molar-refractivity contribution in [3.05, 3.63) is 0 Å². The normalized spacial score (nSPS) is 18.8. The minimum absolute atomic E-state index is 0.188. The Kier molecular flexibility index (Phi) is 4.66. The van der Waals surface area contributed by atoms with Gasteiger partial charge < -0.3 is 5.73 Å². The Hall–Kier alpha value is -1.39. The second kappa shape index (κ2) is 5.80. The lowest BCUT2D eigenvalue weighted by Gasteiger charge is -2.33. The Bertz CT molecular complexity index is 329. The molecule has 1 aliphatic heterocycles. The zero-order valence-electron chi connectivity index (χ0n) is 10.6. The van der Waals surface area contributed by atoms with E-state index in [1.807, 2.05) is 0 Å². The molecule has 5 heteroatoms. The number of hydrogen-bond acceptors (Lipinski definition) is 3. The lowest BCUT2D eigenvalue weighted by Crippen LogP contribution is -2.55. The molecule has 1 aliphatic rings. The molecule has 1 heterocycles. The Morgan fingerprint density at radius 2 is 1.71 bits per heavy atom. The lowest BCUT2D eigenvalue weighted by molar-refractivity contribution is -0.127. The summed E-state index contributed by atoms with van der Waals surface area (Å²) in [5.74, 6) is -0.0925. The fourth-order valence-electron chi connectivity index (χ4n) is 2.14. The van der Waals surface area contributed by atoms with Gasteiger partial charge in [0, 0.05) is 0 Å². The number of unbranched alkanes of at least 4 members (excludes halogenated alkanes) is 2. The molecule has 3 N–H and O–H groups in total. The summed E-state index contributed by atoms with van der Waals surface area (Å²) in [5, 5.41) is 2.27. The number of carbonyl (C=O) groups excluding carboxylic acids is 2. The number of carbonyl (C=O) groups is 2. The van der Waals surface area contributed by atoms with E-state index in [2.05, 4.69) is 24.2 Å². The van der Waals surface area contributed by atoms with Gasteiger partial charge in [-0.15, -0.1) is 0 Å². The number of nitrogens with zero attached hydrogens (tertiary/aromatic N) is 1. The van der Waals surface area contributed by atoms with E-state index < -0.39 is 11.4 Å². The predicted molar refractivity (Wildman–Crippen MR) is 66.6 cm³/mol. The van der Waals surface area contributed by atoms with Gasteiger partial charge in [-0.05, 0) is 12.8 Å². The van der Waals surface area contributed by atoms with Crippen molar-refractivity contribution in [1.29, 1.82) is 0 Å². The average Bonchev–Trinajstić information content (AvgIpc) is 2.27. The highest BCUT2D eigenvalue weighted by Crippen LogP contribution is 2.33. The number of amidine groups is 1. The smallest absolute Gasteiger partial charge is 0.349 e. The first kappa shape index (κ1) is 13.7. The molecule has 0 aromatic carbocycles. The van der Waals surface area contributed by atoms with Crippen LogP contribution in [0.4, 0.5) is 4.79 Å². The quantitative estimate of drug-likeness (QED) is 0.743. The number of rotatable bonds is 6. The van der Waals surface area contributed by atoms with E-state index in [9.17, 15) is 9.59 Å². The fourth-order valence-corrected chi connectivity index (χ4v) is 2.14. The molecule has 0 saturated carbocycles. The van der Waals surface area contributed by atoms with E-state index >= 15 is 0 Å². The minimum Gasteiger partial charge on any atom is -0.386 e. The van der Waals surface area contributed by atoms with E-state index in [4.69, 9.17) is 5.73 Å². The van der Waals surface area contributed by atoms with Crippen molar-refractivity contribution in [3.63, 3.8) is 0 Å². The van der Waals surface area contributed by atoms with Gasteiger partial charge in [0.25, 0.3) is 0 Å². The van der Waals surface area contributed by atoms with Gasteiger partial charge in [0.05, 0.1) is 0 Å². The monoisotopic (exact) mass is 239 g/mol.